The molecule has 0 spiro atoms. The fourth-order valence-corrected chi connectivity index (χ4v) is 1.50. The van der Waals surface area contributed by atoms with Gasteiger partial charge in [-0.3, -0.25) is 4.79 Å². The van der Waals surface area contributed by atoms with Crippen molar-refractivity contribution in [3.63, 3.8) is 0 Å². The van der Waals surface area contributed by atoms with Gasteiger partial charge in [0.2, 0.25) is 0 Å². The first-order chi connectivity index (χ1) is 5.75. The van der Waals surface area contributed by atoms with Crippen LogP contribution in [-0.4, -0.2) is 14.8 Å². The Hall–Kier alpha value is -0.320. The predicted octanol–water partition coefficient (Wildman–Crippen LogP) is 2.52. The molecule has 12 heavy (non-hydrogen) atoms. The van der Waals surface area contributed by atoms with Crippen LogP contribution in [0.25, 0.3) is 0 Å². The van der Waals surface area contributed by atoms with Gasteiger partial charge in [0.05, 0.1) is 5.69 Å². The fraction of sp³-hybridized carbons (Fsp3) is 0.444. The quantitative estimate of drug-likeness (QED) is 0.471. The lowest BCUT2D eigenvalue weighted by Crippen LogP contribution is -2.05. The zero-order valence-corrected chi connectivity index (χ0v) is 9.24. The molecule has 0 N–H and O–H groups in total. The highest BCUT2D eigenvalue weighted by Crippen LogP contribution is 2.05. The Morgan fingerprint density at radius 1 is 1.67 bits per heavy atom. The molecule has 0 atom stereocenters. The molecule has 0 aromatic carbocycles. The van der Waals surface area contributed by atoms with E-state index in [-0.39, 0.29) is 5.78 Å². The average molecular weight is 277 g/mol. The summed E-state index contributed by atoms with van der Waals surface area (Å²) in [6.45, 7) is 2.56. The summed E-state index contributed by atoms with van der Waals surface area (Å²) < 4.78 is 3.15. The summed E-state index contributed by atoms with van der Waals surface area (Å²) in [6, 6.07) is 3.79. The zero-order valence-electron chi connectivity index (χ0n) is 7.09. The van der Waals surface area contributed by atoms with Gasteiger partial charge in [-0.05, 0) is 18.6 Å². The average Bonchev–Trinajstić information content (AvgIpc) is 2.48. The molecule has 0 aliphatic heterocycles. The number of hydrogen-bond donors (Lipinski definition) is 0. The maximum absolute atomic E-state index is 11.1. The van der Waals surface area contributed by atoms with Gasteiger partial charge in [-0.25, -0.2) is 0 Å². The highest BCUT2D eigenvalue weighted by atomic mass is 127. The second-order valence-corrected chi connectivity index (χ2v) is 3.76. The van der Waals surface area contributed by atoms with E-state index in [1.165, 1.54) is 0 Å². The lowest BCUT2D eigenvalue weighted by Gasteiger charge is -2.04. The monoisotopic (exact) mass is 277 g/mol. The van der Waals surface area contributed by atoms with Crippen LogP contribution < -0.4 is 0 Å². The van der Waals surface area contributed by atoms with Gasteiger partial charge >= 0.3 is 0 Å². The van der Waals surface area contributed by atoms with E-state index in [2.05, 4.69) is 22.6 Å². The van der Waals surface area contributed by atoms with Gasteiger partial charge in [-0.2, -0.15) is 0 Å². The largest absolute Gasteiger partial charge is 0.345 e. The first-order valence-electron chi connectivity index (χ1n) is 3.97. The van der Waals surface area contributed by atoms with E-state index < -0.39 is 0 Å². The molecule has 0 aliphatic carbocycles. The number of nitrogens with zero attached hydrogens (tertiary/aromatic N) is 1. The number of carbonyl (C=O) groups excluding carboxylic acids is 1. The first kappa shape index (κ1) is 9.77. The minimum atomic E-state index is 0.147. The van der Waals surface area contributed by atoms with Crippen molar-refractivity contribution in [2.24, 2.45) is 0 Å². The molecule has 0 radical (unpaired) electrons. The van der Waals surface area contributed by atoms with Crippen LogP contribution in [0.4, 0.5) is 0 Å². The number of aromatic nitrogens is 1. The van der Waals surface area contributed by atoms with Crippen LogP contribution >= 0.6 is 22.6 Å². The second-order valence-electron chi connectivity index (χ2n) is 2.69. The summed E-state index contributed by atoms with van der Waals surface area (Å²) in [6.07, 6.45) is 3.08. The number of Topliss-reactive ketones (excluding diaryl/α,β-unsaturated/α-hetero) is 1. The third-order valence-corrected chi connectivity index (χ3v) is 2.49. The van der Waals surface area contributed by atoms with E-state index in [0.29, 0.717) is 0 Å². The van der Waals surface area contributed by atoms with Gasteiger partial charge in [0.15, 0.2) is 5.78 Å². The maximum Gasteiger partial charge on any atom is 0.176 e. The van der Waals surface area contributed by atoms with Crippen molar-refractivity contribution >= 4 is 28.4 Å². The van der Waals surface area contributed by atoms with Gasteiger partial charge in [0.1, 0.15) is 0 Å². The molecule has 0 unspecified atom stereocenters. The molecular weight excluding hydrogens is 265 g/mol. The lowest BCUT2D eigenvalue weighted by atomic mass is 10.3. The predicted molar refractivity (Wildman–Crippen MR) is 57.9 cm³/mol. The SMILES string of the molecule is CC(=O)c1cccn1CCCI. The maximum atomic E-state index is 11.1. The molecule has 2 nitrogen and oxygen atoms in total. The smallest absolute Gasteiger partial charge is 0.176 e. The number of carbonyl (C=O) groups is 1. The molecule has 0 saturated carbocycles. The molecule has 0 fully saturated rings. The Kier molecular flexibility index (Phi) is 3.78. The standard InChI is InChI=1S/C9H12INO/c1-8(12)9-4-2-6-11(9)7-3-5-10/h2,4,6H,3,5,7H2,1H3. The van der Waals surface area contributed by atoms with E-state index in [9.17, 15) is 4.79 Å². The number of rotatable bonds is 4. The van der Waals surface area contributed by atoms with Gasteiger partial charge in [0.25, 0.3) is 0 Å². The Bertz CT molecular complexity index is 267. The van der Waals surface area contributed by atoms with Crippen LogP contribution in [0.5, 0.6) is 0 Å². The summed E-state index contributed by atoms with van der Waals surface area (Å²) in [5.74, 6) is 0.147. The number of alkyl halides is 1. The molecule has 0 aliphatic rings. The van der Waals surface area contributed by atoms with E-state index in [1.807, 2.05) is 22.9 Å². The van der Waals surface area contributed by atoms with E-state index in [4.69, 9.17) is 0 Å². The third kappa shape index (κ3) is 2.33. The van der Waals surface area contributed by atoms with Gasteiger partial charge in [-0.1, -0.05) is 22.6 Å². The molecular formula is C9H12INO. The molecule has 3 heteroatoms. The van der Waals surface area contributed by atoms with Crippen LogP contribution in [0, 0.1) is 0 Å². The van der Waals surface area contributed by atoms with Crippen LogP contribution in [0.15, 0.2) is 18.3 Å². The first-order valence-corrected chi connectivity index (χ1v) is 5.50. The molecule has 1 heterocycles. The van der Waals surface area contributed by atoms with E-state index >= 15 is 0 Å². The molecule has 66 valence electrons. The Morgan fingerprint density at radius 2 is 2.42 bits per heavy atom. The minimum Gasteiger partial charge on any atom is -0.345 e. The number of aryl methyl sites for hydroxylation is 1. The highest BCUT2D eigenvalue weighted by molar-refractivity contribution is 14.1. The number of hydrogen-bond acceptors (Lipinski definition) is 1. The summed E-state index contributed by atoms with van der Waals surface area (Å²) >= 11 is 2.34. The third-order valence-electron chi connectivity index (χ3n) is 1.72. The summed E-state index contributed by atoms with van der Waals surface area (Å²) in [7, 11) is 0. The van der Waals surface area contributed by atoms with Crippen molar-refractivity contribution < 1.29 is 4.79 Å². The molecule has 1 aromatic rings. The van der Waals surface area contributed by atoms with Gasteiger partial charge in [0, 0.05) is 24.1 Å². The van der Waals surface area contributed by atoms with Crippen molar-refractivity contribution in [3.05, 3.63) is 24.0 Å². The molecule has 0 bridgehead atoms. The van der Waals surface area contributed by atoms with Crippen molar-refractivity contribution in [2.75, 3.05) is 4.43 Å². The zero-order chi connectivity index (χ0) is 8.97. The van der Waals surface area contributed by atoms with E-state index in [1.54, 1.807) is 6.92 Å². The molecule has 0 saturated heterocycles. The van der Waals surface area contributed by atoms with E-state index in [0.717, 1.165) is 23.1 Å². The van der Waals surface area contributed by atoms with Crippen molar-refractivity contribution in [3.8, 4) is 0 Å². The topological polar surface area (TPSA) is 22.0 Å². The second kappa shape index (κ2) is 4.64. The van der Waals surface area contributed by atoms with Crippen LogP contribution in [-0.2, 0) is 6.54 Å². The Morgan fingerprint density at radius 3 is 3.00 bits per heavy atom. The van der Waals surface area contributed by atoms with Gasteiger partial charge < -0.3 is 4.57 Å². The lowest BCUT2D eigenvalue weighted by molar-refractivity contribution is 0.100. The molecule has 1 aromatic heterocycles. The fourth-order valence-electron chi connectivity index (χ4n) is 1.16. The van der Waals surface area contributed by atoms with Crippen molar-refractivity contribution in [2.45, 2.75) is 19.9 Å². The van der Waals surface area contributed by atoms with Crippen molar-refractivity contribution in [1.29, 1.82) is 0 Å². The summed E-state index contributed by atoms with van der Waals surface area (Å²) in [5.41, 5.74) is 0.819. The molecule has 1 rings (SSSR count). The van der Waals surface area contributed by atoms with Crippen molar-refractivity contribution in [1.82, 2.24) is 4.57 Å². The number of halogens is 1. The normalized spacial score (nSPS) is 10.2. The summed E-state index contributed by atoms with van der Waals surface area (Å²) in [4.78, 5) is 11.1. The Balaban J connectivity index is 2.70. The summed E-state index contributed by atoms with van der Waals surface area (Å²) in [5, 5.41) is 0. The van der Waals surface area contributed by atoms with Crippen LogP contribution in [0.1, 0.15) is 23.8 Å². The number of ketones is 1. The minimum absolute atomic E-state index is 0.147. The van der Waals surface area contributed by atoms with Crippen LogP contribution in [0.2, 0.25) is 0 Å². The van der Waals surface area contributed by atoms with Crippen LogP contribution in [0.3, 0.4) is 0 Å². The Labute approximate surface area is 86.1 Å². The molecule has 0 amide bonds. The van der Waals surface area contributed by atoms with Gasteiger partial charge in [-0.15, -0.1) is 0 Å². The highest BCUT2D eigenvalue weighted by Gasteiger charge is 2.03.